The van der Waals surface area contributed by atoms with E-state index >= 15 is 0 Å². The second-order valence-electron chi connectivity index (χ2n) is 7.14. The number of rotatable bonds is 5. The van der Waals surface area contributed by atoms with Crippen LogP contribution in [0.4, 0.5) is 4.79 Å². The summed E-state index contributed by atoms with van der Waals surface area (Å²) in [7, 11) is 0. The molecule has 1 atom stereocenters. The normalized spacial score (nSPS) is 15.3. The van der Waals surface area contributed by atoms with E-state index in [1.54, 1.807) is 24.4 Å². The van der Waals surface area contributed by atoms with Crippen LogP contribution in [0.25, 0.3) is 16.6 Å². The van der Waals surface area contributed by atoms with Crippen LogP contribution in [0.3, 0.4) is 0 Å². The van der Waals surface area contributed by atoms with Gasteiger partial charge >= 0.3 is 6.09 Å². The zero-order valence-corrected chi connectivity index (χ0v) is 17.5. The topological polar surface area (TPSA) is 107 Å². The van der Waals surface area contributed by atoms with Crippen molar-refractivity contribution in [2.75, 3.05) is 0 Å². The van der Waals surface area contributed by atoms with Crippen molar-refractivity contribution in [2.24, 2.45) is 0 Å². The summed E-state index contributed by atoms with van der Waals surface area (Å²) in [6.07, 6.45) is 4.95. The molecule has 0 fully saturated rings. The van der Waals surface area contributed by atoms with E-state index in [2.05, 4.69) is 5.32 Å². The quantitative estimate of drug-likeness (QED) is 0.560. The predicted molar refractivity (Wildman–Crippen MR) is 120 cm³/mol. The fourth-order valence-corrected chi connectivity index (χ4v) is 3.61. The maximum atomic E-state index is 13.0. The Hall–Kier alpha value is -3.59. The standard InChI is InChI=1S/C23H19ClN3O5/c24-16-6-11-20-21(12-16)26(17-4-2-1-3-5-17)14-15(22(20)28)13-25-23(29)32-19-9-7-18(8-10-19)27(30)31/h1-9,11-12,14,19,30H,10,13H2,(H,25,29)/q-1. The second-order valence-corrected chi connectivity index (χ2v) is 7.58. The molecule has 3 aromatic rings. The maximum Gasteiger partial charge on any atom is 0.408 e. The summed E-state index contributed by atoms with van der Waals surface area (Å²) in [5, 5.41) is 23.1. The number of pyridine rings is 1. The van der Waals surface area contributed by atoms with Crippen molar-refractivity contribution in [1.82, 2.24) is 15.1 Å². The average molecular weight is 453 g/mol. The number of allylic oxidation sites excluding steroid dienone is 1. The average Bonchev–Trinajstić information content (AvgIpc) is 2.79. The summed E-state index contributed by atoms with van der Waals surface area (Å²) in [6.45, 7) is -0.0361. The third-order valence-electron chi connectivity index (χ3n) is 5.02. The van der Waals surface area contributed by atoms with Crippen molar-refractivity contribution in [1.29, 1.82) is 0 Å². The number of carbonyl (C=O) groups excluding carboxylic acids is 1. The van der Waals surface area contributed by atoms with Gasteiger partial charge in [-0.25, -0.2) is 4.79 Å². The van der Waals surface area contributed by atoms with Crippen LogP contribution < -0.4 is 10.7 Å². The summed E-state index contributed by atoms with van der Waals surface area (Å²) in [5.41, 5.74) is 1.74. The lowest BCUT2D eigenvalue weighted by molar-refractivity contribution is -0.000349. The summed E-state index contributed by atoms with van der Waals surface area (Å²) >= 11 is 6.16. The van der Waals surface area contributed by atoms with Gasteiger partial charge in [0.1, 0.15) is 6.10 Å². The SMILES string of the molecule is O=C(NCc1cn(-c2ccccc2)c2cc(Cl)ccc2c1=O)OC1C=CC(N([O-])O)=CC1. The number of hydrogen-bond acceptors (Lipinski definition) is 6. The molecule has 0 bridgehead atoms. The van der Waals surface area contributed by atoms with Crippen LogP contribution in [0.2, 0.25) is 5.02 Å². The molecule has 1 aliphatic carbocycles. The minimum absolute atomic E-state index is 0.0361. The lowest BCUT2D eigenvalue weighted by Gasteiger charge is -2.26. The molecule has 0 saturated heterocycles. The van der Waals surface area contributed by atoms with Crippen molar-refractivity contribution in [3.8, 4) is 5.69 Å². The summed E-state index contributed by atoms with van der Waals surface area (Å²) in [5.74, 6) is 0. The summed E-state index contributed by atoms with van der Waals surface area (Å²) in [6, 6.07) is 14.5. The van der Waals surface area contributed by atoms with Crippen LogP contribution in [-0.4, -0.2) is 27.2 Å². The lowest BCUT2D eigenvalue weighted by Crippen LogP contribution is -2.30. The van der Waals surface area contributed by atoms with E-state index < -0.39 is 12.2 Å². The van der Waals surface area contributed by atoms with E-state index in [0.717, 1.165) is 5.69 Å². The minimum atomic E-state index is -0.707. The van der Waals surface area contributed by atoms with Gasteiger partial charge in [-0.1, -0.05) is 35.9 Å². The van der Waals surface area contributed by atoms with Gasteiger partial charge in [-0.15, -0.1) is 0 Å². The van der Waals surface area contributed by atoms with Crippen molar-refractivity contribution in [3.63, 3.8) is 0 Å². The molecule has 1 unspecified atom stereocenters. The molecule has 32 heavy (non-hydrogen) atoms. The molecule has 8 nitrogen and oxygen atoms in total. The van der Waals surface area contributed by atoms with Crippen LogP contribution in [0, 0.1) is 5.21 Å². The Bertz CT molecular complexity index is 1270. The fraction of sp³-hybridized carbons (Fsp3) is 0.130. The highest BCUT2D eigenvalue weighted by molar-refractivity contribution is 6.31. The Morgan fingerprint density at radius 3 is 2.75 bits per heavy atom. The molecule has 0 saturated carbocycles. The first-order chi connectivity index (χ1) is 15.4. The number of hydroxylamine groups is 2. The molecule has 4 rings (SSSR count). The van der Waals surface area contributed by atoms with E-state index in [9.17, 15) is 14.8 Å². The molecular formula is C23H19ClN3O5-. The smallest absolute Gasteiger partial charge is 0.408 e. The summed E-state index contributed by atoms with van der Waals surface area (Å²) in [4.78, 5) is 25.2. The molecular weight excluding hydrogens is 434 g/mol. The fourth-order valence-electron chi connectivity index (χ4n) is 3.45. The Morgan fingerprint density at radius 1 is 1.28 bits per heavy atom. The number of nitrogens with zero attached hydrogens (tertiary/aromatic N) is 2. The van der Waals surface area contributed by atoms with Crippen molar-refractivity contribution in [2.45, 2.75) is 19.1 Å². The number of nitrogens with one attached hydrogen (secondary N) is 1. The first-order valence-corrected chi connectivity index (χ1v) is 10.2. The van der Waals surface area contributed by atoms with Crippen molar-refractivity contribution >= 4 is 28.6 Å². The van der Waals surface area contributed by atoms with E-state index in [-0.39, 0.29) is 29.3 Å². The van der Waals surface area contributed by atoms with E-state index in [4.69, 9.17) is 21.5 Å². The third kappa shape index (κ3) is 4.67. The highest BCUT2D eigenvalue weighted by Gasteiger charge is 2.16. The van der Waals surface area contributed by atoms with E-state index in [0.29, 0.717) is 21.5 Å². The monoisotopic (exact) mass is 452 g/mol. The van der Waals surface area contributed by atoms with Crippen LogP contribution in [0.5, 0.6) is 0 Å². The number of fused-ring (bicyclic) bond motifs is 1. The molecule has 1 aromatic heterocycles. The number of amides is 1. The van der Waals surface area contributed by atoms with Gasteiger partial charge in [-0.3, -0.25) is 10.0 Å². The van der Waals surface area contributed by atoms with Gasteiger partial charge in [0, 0.05) is 40.0 Å². The largest absolute Gasteiger partial charge is 0.734 e. The molecule has 0 radical (unpaired) electrons. The molecule has 1 amide bonds. The number of para-hydroxylation sites is 1. The Balaban J connectivity index is 1.54. The van der Waals surface area contributed by atoms with Crippen LogP contribution in [-0.2, 0) is 11.3 Å². The van der Waals surface area contributed by atoms with E-state index in [1.807, 2.05) is 34.9 Å². The Kier molecular flexibility index (Phi) is 6.27. The first kappa shape index (κ1) is 21.6. The number of aromatic nitrogens is 1. The molecule has 2 N–H and O–H groups in total. The van der Waals surface area contributed by atoms with Gasteiger partial charge in [0.15, 0.2) is 5.43 Å². The van der Waals surface area contributed by atoms with Gasteiger partial charge in [0.05, 0.1) is 12.1 Å². The maximum absolute atomic E-state index is 13.0. The number of halogens is 1. The molecule has 1 aliphatic rings. The highest BCUT2D eigenvalue weighted by Crippen LogP contribution is 2.21. The number of benzene rings is 2. The van der Waals surface area contributed by atoms with Crippen LogP contribution in [0.1, 0.15) is 12.0 Å². The van der Waals surface area contributed by atoms with Gasteiger partial charge < -0.3 is 25.1 Å². The minimum Gasteiger partial charge on any atom is -0.734 e. The zero-order valence-electron chi connectivity index (χ0n) is 16.8. The predicted octanol–water partition coefficient (Wildman–Crippen LogP) is 4.27. The zero-order chi connectivity index (χ0) is 22.7. The van der Waals surface area contributed by atoms with E-state index in [1.165, 1.54) is 18.2 Å². The number of hydrogen-bond donors (Lipinski definition) is 2. The molecule has 0 spiro atoms. The third-order valence-corrected chi connectivity index (χ3v) is 5.25. The summed E-state index contributed by atoms with van der Waals surface area (Å²) < 4.78 is 7.14. The van der Waals surface area contributed by atoms with Crippen LogP contribution >= 0.6 is 11.6 Å². The van der Waals surface area contributed by atoms with Gasteiger partial charge in [-0.05, 0) is 42.5 Å². The second kappa shape index (κ2) is 9.27. The molecule has 1 heterocycles. The number of carbonyl (C=O) groups is 1. The van der Waals surface area contributed by atoms with Crippen LogP contribution in [0.15, 0.2) is 83.4 Å². The lowest BCUT2D eigenvalue weighted by atomic mass is 10.1. The van der Waals surface area contributed by atoms with Gasteiger partial charge in [-0.2, -0.15) is 0 Å². The molecule has 164 valence electrons. The first-order valence-electron chi connectivity index (χ1n) is 9.80. The van der Waals surface area contributed by atoms with Gasteiger partial charge in [0.25, 0.3) is 0 Å². The van der Waals surface area contributed by atoms with Crippen molar-refractivity contribution < 1.29 is 14.7 Å². The Morgan fingerprint density at radius 2 is 2.06 bits per heavy atom. The van der Waals surface area contributed by atoms with Gasteiger partial charge in [0.2, 0.25) is 0 Å². The molecule has 2 aromatic carbocycles. The Labute approximate surface area is 188 Å². The number of ether oxygens (including phenoxy) is 1. The van der Waals surface area contributed by atoms with Crippen molar-refractivity contribution in [3.05, 3.63) is 105 Å². The molecule has 0 aliphatic heterocycles. The highest BCUT2D eigenvalue weighted by atomic mass is 35.5. The number of alkyl carbamates (subject to hydrolysis) is 1. The molecule has 9 heteroatoms.